The van der Waals surface area contributed by atoms with Crippen molar-refractivity contribution in [3.63, 3.8) is 0 Å². The molecule has 0 heterocycles. The summed E-state index contributed by atoms with van der Waals surface area (Å²) in [5.41, 5.74) is 11.9. The summed E-state index contributed by atoms with van der Waals surface area (Å²) in [5, 5.41) is 0. The number of hydrogen-bond donors (Lipinski definition) is 2. The molecule has 112 valence electrons. The SMILES string of the molecule is COc1ccccc1[C@H]1C2CCC(C2)[C@@H]1C(=O)N=C(N)N. The Kier molecular flexibility index (Phi) is 3.57. The number of amides is 1. The molecule has 0 saturated heterocycles. The van der Waals surface area contributed by atoms with Crippen molar-refractivity contribution in [3.8, 4) is 5.75 Å². The molecule has 5 nitrogen and oxygen atoms in total. The molecule has 0 aliphatic heterocycles. The highest BCUT2D eigenvalue weighted by molar-refractivity contribution is 5.93. The first-order valence-electron chi connectivity index (χ1n) is 7.38. The van der Waals surface area contributed by atoms with Gasteiger partial charge in [-0.05, 0) is 42.7 Å². The second-order valence-electron chi connectivity index (χ2n) is 6.00. The standard InChI is InChI=1S/C16H21N3O2/c1-21-12-5-3-2-4-11(12)13-9-6-7-10(8-9)14(13)15(20)19-16(17)18/h2-5,9-10,13-14H,6-8H2,1H3,(H4,17,18,19,20)/t9?,10?,13-,14+/m1/s1. The minimum atomic E-state index is -0.182. The van der Waals surface area contributed by atoms with Crippen molar-refractivity contribution in [1.29, 1.82) is 0 Å². The van der Waals surface area contributed by atoms with Crippen molar-refractivity contribution in [3.05, 3.63) is 29.8 Å². The average molecular weight is 287 g/mol. The molecule has 1 amide bonds. The molecule has 2 bridgehead atoms. The van der Waals surface area contributed by atoms with Gasteiger partial charge in [0.05, 0.1) is 13.0 Å². The Morgan fingerprint density at radius 2 is 1.95 bits per heavy atom. The summed E-state index contributed by atoms with van der Waals surface area (Å²) < 4.78 is 5.48. The van der Waals surface area contributed by atoms with E-state index in [2.05, 4.69) is 11.1 Å². The van der Waals surface area contributed by atoms with Gasteiger partial charge in [0.2, 0.25) is 0 Å². The fourth-order valence-electron chi connectivity index (χ4n) is 4.24. The summed E-state index contributed by atoms with van der Waals surface area (Å²) in [6.45, 7) is 0. The Bertz CT molecular complexity index is 581. The fourth-order valence-corrected chi connectivity index (χ4v) is 4.24. The molecule has 2 aliphatic carbocycles. The zero-order valence-corrected chi connectivity index (χ0v) is 12.2. The van der Waals surface area contributed by atoms with E-state index in [1.165, 1.54) is 6.42 Å². The first-order chi connectivity index (χ1) is 10.1. The highest BCUT2D eigenvalue weighted by atomic mass is 16.5. The molecule has 0 radical (unpaired) electrons. The van der Waals surface area contributed by atoms with Gasteiger partial charge in [-0.1, -0.05) is 18.2 Å². The van der Waals surface area contributed by atoms with Crippen molar-refractivity contribution < 1.29 is 9.53 Å². The third-order valence-corrected chi connectivity index (χ3v) is 4.94. The van der Waals surface area contributed by atoms with E-state index < -0.39 is 0 Å². The Hall–Kier alpha value is -2.04. The van der Waals surface area contributed by atoms with Crippen LogP contribution in [0.2, 0.25) is 0 Å². The Morgan fingerprint density at radius 3 is 2.67 bits per heavy atom. The van der Waals surface area contributed by atoms with Crippen LogP contribution in [0.5, 0.6) is 5.75 Å². The summed E-state index contributed by atoms with van der Waals surface area (Å²) in [5.74, 6) is 1.46. The summed E-state index contributed by atoms with van der Waals surface area (Å²) in [4.78, 5) is 16.2. The van der Waals surface area contributed by atoms with Crippen LogP contribution in [0.4, 0.5) is 0 Å². The van der Waals surface area contributed by atoms with Crippen LogP contribution in [0.3, 0.4) is 0 Å². The number of aliphatic imine (C=N–C) groups is 1. The molecule has 2 aliphatic rings. The van der Waals surface area contributed by atoms with E-state index in [9.17, 15) is 4.79 Å². The lowest BCUT2D eigenvalue weighted by molar-refractivity contribution is -0.123. The van der Waals surface area contributed by atoms with Gasteiger partial charge in [0, 0.05) is 5.92 Å². The van der Waals surface area contributed by atoms with Crippen LogP contribution in [0.25, 0.3) is 0 Å². The first-order valence-corrected chi connectivity index (χ1v) is 7.38. The second-order valence-corrected chi connectivity index (χ2v) is 6.00. The van der Waals surface area contributed by atoms with Gasteiger partial charge in [-0.3, -0.25) is 4.79 Å². The number of ether oxygens (including phenoxy) is 1. The van der Waals surface area contributed by atoms with Gasteiger partial charge in [-0.25, -0.2) is 0 Å². The normalized spacial score (nSPS) is 30.1. The van der Waals surface area contributed by atoms with E-state index in [1.807, 2.05) is 18.2 Å². The van der Waals surface area contributed by atoms with Crippen molar-refractivity contribution in [1.82, 2.24) is 0 Å². The molecule has 5 heteroatoms. The second kappa shape index (κ2) is 5.39. The van der Waals surface area contributed by atoms with E-state index in [-0.39, 0.29) is 23.7 Å². The number of methoxy groups -OCH3 is 1. The van der Waals surface area contributed by atoms with Gasteiger partial charge in [0.25, 0.3) is 5.91 Å². The van der Waals surface area contributed by atoms with Crippen LogP contribution in [0.1, 0.15) is 30.7 Å². The molecule has 3 rings (SSSR count). The minimum absolute atomic E-state index is 0.123. The molecule has 2 saturated carbocycles. The quantitative estimate of drug-likeness (QED) is 0.653. The molecular formula is C16H21N3O2. The number of carbonyl (C=O) groups is 1. The van der Waals surface area contributed by atoms with E-state index in [0.29, 0.717) is 11.8 Å². The van der Waals surface area contributed by atoms with Crippen LogP contribution >= 0.6 is 0 Å². The largest absolute Gasteiger partial charge is 0.496 e. The molecule has 0 aromatic heterocycles. The van der Waals surface area contributed by atoms with E-state index >= 15 is 0 Å². The summed E-state index contributed by atoms with van der Waals surface area (Å²) in [7, 11) is 1.67. The summed E-state index contributed by atoms with van der Waals surface area (Å²) in [6.07, 6.45) is 3.34. The van der Waals surface area contributed by atoms with Gasteiger partial charge in [-0.15, -0.1) is 0 Å². The summed E-state index contributed by atoms with van der Waals surface area (Å²) in [6, 6.07) is 7.94. The molecule has 2 unspecified atom stereocenters. The predicted molar refractivity (Wildman–Crippen MR) is 80.9 cm³/mol. The third-order valence-electron chi connectivity index (χ3n) is 4.94. The molecular weight excluding hydrogens is 266 g/mol. The number of benzene rings is 1. The topological polar surface area (TPSA) is 90.7 Å². The van der Waals surface area contributed by atoms with Crippen molar-refractivity contribution in [2.24, 2.45) is 34.2 Å². The lowest BCUT2D eigenvalue weighted by Gasteiger charge is -2.30. The monoisotopic (exact) mass is 287 g/mol. The number of hydrogen-bond acceptors (Lipinski definition) is 2. The lowest BCUT2D eigenvalue weighted by Crippen LogP contribution is -2.31. The highest BCUT2D eigenvalue weighted by Crippen LogP contribution is 2.58. The van der Waals surface area contributed by atoms with Gasteiger partial charge in [-0.2, -0.15) is 4.99 Å². The number of nitrogens with zero attached hydrogens (tertiary/aromatic N) is 1. The minimum Gasteiger partial charge on any atom is -0.496 e. The van der Waals surface area contributed by atoms with Crippen LogP contribution in [-0.2, 0) is 4.79 Å². The first kappa shape index (κ1) is 13.9. The molecule has 1 aromatic carbocycles. The van der Waals surface area contributed by atoms with Crippen LogP contribution in [-0.4, -0.2) is 19.0 Å². The van der Waals surface area contributed by atoms with Crippen LogP contribution in [0, 0.1) is 17.8 Å². The third kappa shape index (κ3) is 2.37. The molecule has 4 N–H and O–H groups in total. The zero-order chi connectivity index (χ0) is 15.0. The van der Waals surface area contributed by atoms with Crippen molar-refractivity contribution >= 4 is 11.9 Å². The average Bonchev–Trinajstić information content (AvgIpc) is 3.07. The van der Waals surface area contributed by atoms with Crippen LogP contribution in [0.15, 0.2) is 29.3 Å². The van der Waals surface area contributed by atoms with E-state index in [4.69, 9.17) is 16.2 Å². The van der Waals surface area contributed by atoms with E-state index in [1.54, 1.807) is 7.11 Å². The highest BCUT2D eigenvalue weighted by Gasteiger charge is 2.51. The Labute approximate surface area is 124 Å². The number of fused-ring (bicyclic) bond motifs is 2. The Morgan fingerprint density at radius 1 is 1.24 bits per heavy atom. The zero-order valence-electron chi connectivity index (χ0n) is 12.2. The maximum atomic E-state index is 12.4. The van der Waals surface area contributed by atoms with E-state index in [0.717, 1.165) is 24.2 Å². The smallest absolute Gasteiger partial charge is 0.252 e. The Balaban J connectivity index is 1.99. The summed E-state index contributed by atoms with van der Waals surface area (Å²) >= 11 is 0. The maximum Gasteiger partial charge on any atom is 0.252 e. The fraction of sp³-hybridized carbons (Fsp3) is 0.500. The van der Waals surface area contributed by atoms with Gasteiger partial charge >= 0.3 is 0 Å². The van der Waals surface area contributed by atoms with Gasteiger partial charge in [0.15, 0.2) is 5.96 Å². The predicted octanol–water partition coefficient (Wildman–Crippen LogP) is 1.62. The number of carbonyl (C=O) groups excluding carboxylic acids is 1. The van der Waals surface area contributed by atoms with Crippen molar-refractivity contribution in [2.45, 2.75) is 25.2 Å². The number of nitrogens with two attached hydrogens (primary N) is 2. The molecule has 2 fully saturated rings. The molecule has 4 atom stereocenters. The number of para-hydroxylation sites is 1. The number of rotatable bonds is 3. The van der Waals surface area contributed by atoms with Gasteiger partial charge < -0.3 is 16.2 Å². The van der Waals surface area contributed by atoms with Crippen molar-refractivity contribution in [2.75, 3.05) is 7.11 Å². The molecule has 21 heavy (non-hydrogen) atoms. The lowest BCUT2D eigenvalue weighted by atomic mass is 9.75. The molecule has 0 spiro atoms. The van der Waals surface area contributed by atoms with Gasteiger partial charge in [0.1, 0.15) is 5.75 Å². The molecule has 1 aromatic rings. The maximum absolute atomic E-state index is 12.4. The van der Waals surface area contributed by atoms with Crippen LogP contribution < -0.4 is 16.2 Å². The number of guanidine groups is 1.